The van der Waals surface area contributed by atoms with Gasteiger partial charge in [-0.1, -0.05) is 52.8 Å². The summed E-state index contributed by atoms with van der Waals surface area (Å²) in [5.74, 6) is -0.171. The van der Waals surface area contributed by atoms with Gasteiger partial charge in [-0.15, -0.1) is 0 Å². The highest BCUT2D eigenvalue weighted by Gasteiger charge is 2.39. The summed E-state index contributed by atoms with van der Waals surface area (Å²) < 4.78 is 17.8. The van der Waals surface area contributed by atoms with E-state index in [1.54, 1.807) is 24.3 Å². The average Bonchev–Trinajstić information content (AvgIpc) is 2.62. The number of alkyl carbamates (subject to hydrolysis) is 1. The standard InChI is InChI=1S/C25H43NO5Si/c1-18(2)16-20(26-23(28)31-24(3,4)5)21(17-29-32(9,10)25(6,7)8)30-22(27)19-14-12-11-13-15-19/h11-15,18,20-21H,16-17H2,1-10H3,(H,26,28)/t20-,21-/m0/s1. The number of carbonyl (C=O) groups excluding carboxylic acids is 2. The van der Waals surface area contributed by atoms with Crippen LogP contribution in [0.5, 0.6) is 0 Å². The summed E-state index contributed by atoms with van der Waals surface area (Å²) in [7, 11) is -2.10. The SMILES string of the molecule is CC(C)C[C@H](NC(=O)OC(C)(C)C)[C@H](CO[Si](C)(C)C(C)(C)C)OC(=O)c1ccccc1. The number of rotatable bonds is 9. The number of carbonyl (C=O) groups is 2. The minimum absolute atomic E-state index is 0.00707. The third-order valence-corrected chi connectivity index (χ3v) is 10.1. The quantitative estimate of drug-likeness (QED) is 0.348. The van der Waals surface area contributed by atoms with Crippen molar-refractivity contribution in [1.82, 2.24) is 5.32 Å². The van der Waals surface area contributed by atoms with Crippen LogP contribution >= 0.6 is 0 Å². The third-order valence-electron chi connectivity index (χ3n) is 5.56. The van der Waals surface area contributed by atoms with E-state index in [1.165, 1.54) is 0 Å². The summed E-state index contributed by atoms with van der Waals surface area (Å²) in [4.78, 5) is 25.4. The first kappa shape index (κ1) is 28.2. The van der Waals surface area contributed by atoms with E-state index in [2.05, 4.69) is 53.0 Å². The van der Waals surface area contributed by atoms with Crippen molar-refractivity contribution in [2.75, 3.05) is 6.61 Å². The number of ether oxygens (including phenoxy) is 2. The van der Waals surface area contributed by atoms with Crippen molar-refractivity contribution < 1.29 is 23.5 Å². The average molecular weight is 466 g/mol. The molecule has 2 atom stereocenters. The molecule has 0 bridgehead atoms. The van der Waals surface area contributed by atoms with Crippen LogP contribution in [-0.4, -0.2) is 44.7 Å². The van der Waals surface area contributed by atoms with E-state index >= 15 is 0 Å². The number of nitrogens with one attached hydrogen (secondary N) is 1. The van der Waals surface area contributed by atoms with Gasteiger partial charge >= 0.3 is 12.1 Å². The monoisotopic (exact) mass is 465 g/mol. The van der Waals surface area contributed by atoms with Gasteiger partial charge in [0.25, 0.3) is 0 Å². The van der Waals surface area contributed by atoms with E-state index in [4.69, 9.17) is 13.9 Å². The fraction of sp³-hybridized carbons (Fsp3) is 0.680. The summed E-state index contributed by atoms with van der Waals surface area (Å²) in [6.07, 6.45) is -0.560. The second-order valence-corrected chi connectivity index (χ2v) is 16.1. The van der Waals surface area contributed by atoms with Crippen molar-refractivity contribution in [2.24, 2.45) is 5.92 Å². The second-order valence-electron chi connectivity index (χ2n) is 11.3. The van der Waals surface area contributed by atoms with Crippen molar-refractivity contribution >= 4 is 20.4 Å². The molecule has 1 amide bonds. The van der Waals surface area contributed by atoms with Crippen LogP contribution in [0.3, 0.4) is 0 Å². The van der Waals surface area contributed by atoms with E-state index in [0.717, 1.165) is 0 Å². The van der Waals surface area contributed by atoms with Crippen LogP contribution in [0.25, 0.3) is 0 Å². The number of esters is 1. The van der Waals surface area contributed by atoms with Gasteiger partial charge in [0.2, 0.25) is 0 Å². The summed E-state index contributed by atoms with van der Waals surface area (Å²) >= 11 is 0. The Hall–Kier alpha value is -1.86. The molecule has 182 valence electrons. The first-order valence-corrected chi connectivity index (χ1v) is 14.3. The molecule has 0 radical (unpaired) electrons. The maximum Gasteiger partial charge on any atom is 0.408 e. The van der Waals surface area contributed by atoms with Crippen LogP contribution in [0.4, 0.5) is 4.79 Å². The van der Waals surface area contributed by atoms with E-state index in [-0.39, 0.29) is 17.6 Å². The Morgan fingerprint density at radius 1 is 1.00 bits per heavy atom. The lowest BCUT2D eigenvalue weighted by Gasteiger charge is -2.38. The molecule has 32 heavy (non-hydrogen) atoms. The molecule has 0 aliphatic heterocycles. The molecular formula is C25H43NO5Si. The molecule has 0 saturated carbocycles. The van der Waals surface area contributed by atoms with Crippen molar-refractivity contribution in [3.8, 4) is 0 Å². The normalized spacial score (nSPS) is 14.6. The highest BCUT2D eigenvalue weighted by Crippen LogP contribution is 2.36. The Bertz CT molecular complexity index is 735. The van der Waals surface area contributed by atoms with Gasteiger partial charge in [0, 0.05) is 0 Å². The van der Waals surface area contributed by atoms with Crippen molar-refractivity contribution in [2.45, 2.75) is 97.7 Å². The molecular weight excluding hydrogens is 422 g/mol. The highest BCUT2D eigenvalue weighted by atomic mass is 28.4. The molecule has 1 aromatic rings. The Morgan fingerprint density at radius 2 is 1.56 bits per heavy atom. The van der Waals surface area contributed by atoms with Crippen LogP contribution in [0.2, 0.25) is 18.1 Å². The molecule has 0 heterocycles. The van der Waals surface area contributed by atoms with Gasteiger partial charge < -0.3 is 19.2 Å². The Labute approximate surface area is 195 Å². The first-order valence-electron chi connectivity index (χ1n) is 11.4. The summed E-state index contributed by atoms with van der Waals surface area (Å²) in [6.45, 7) is 20.6. The predicted octanol–water partition coefficient (Wildman–Crippen LogP) is 6.17. The summed E-state index contributed by atoms with van der Waals surface area (Å²) in [6, 6.07) is 8.42. The lowest BCUT2D eigenvalue weighted by molar-refractivity contribution is -0.00400. The molecule has 0 unspecified atom stereocenters. The van der Waals surface area contributed by atoms with Crippen molar-refractivity contribution in [3.63, 3.8) is 0 Å². The number of hydrogen-bond acceptors (Lipinski definition) is 5. The molecule has 0 aliphatic carbocycles. The fourth-order valence-corrected chi connectivity index (χ4v) is 3.80. The van der Waals surface area contributed by atoms with Crippen molar-refractivity contribution in [3.05, 3.63) is 35.9 Å². The maximum atomic E-state index is 12.9. The summed E-state index contributed by atoms with van der Waals surface area (Å²) in [5, 5.41) is 2.94. The number of hydrogen-bond donors (Lipinski definition) is 1. The lowest BCUT2D eigenvalue weighted by atomic mass is 9.99. The minimum atomic E-state index is -2.10. The third kappa shape index (κ3) is 9.73. The molecule has 6 nitrogen and oxygen atoms in total. The molecule has 1 N–H and O–H groups in total. The highest BCUT2D eigenvalue weighted by molar-refractivity contribution is 6.74. The topological polar surface area (TPSA) is 73.9 Å². The molecule has 0 spiro atoms. The zero-order chi connectivity index (χ0) is 24.7. The predicted molar refractivity (Wildman–Crippen MR) is 131 cm³/mol. The van der Waals surface area contributed by atoms with Gasteiger partial charge in [0.15, 0.2) is 8.32 Å². The Kier molecular flexibility index (Phi) is 9.97. The van der Waals surface area contributed by atoms with Gasteiger partial charge in [-0.2, -0.15) is 0 Å². The Balaban J connectivity index is 3.15. The molecule has 1 rings (SSSR count). The van der Waals surface area contributed by atoms with Crippen LogP contribution in [0.1, 0.15) is 72.2 Å². The first-order chi connectivity index (χ1) is 14.5. The van der Waals surface area contributed by atoms with Gasteiger partial charge in [0.05, 0.1) is 18.2 Å². The van der Waals surface area contributed by atoms with Crippen LogP contribution < -0.4 is 5.32 Å². The van der Waals surface area contributed by atoms with Crippen molar-refractivity contribution in [1.29, 1.82) is 0 Å². The van der Waals surface area contributed by atoms with Crippen LogP contribution in [0.15, 0.2) is 30.3 Å². The number of amides is 1. The zero-order valence-electron chi connectivity index (χ0n) is 21.6. The maximum absolute atomic E-state index is 12.9. The Morgan fingerprint density at radius 3 is 2.03 bits per heavy atom. The van der Waals surface area contributed by atoms with Gasteiger partial charge in [-0.3, -0.25) is 0 Å². The van der Waals surface area contributed by atoms with Crippen LogP contribution in [-0.2, 0) is 13.9 Å². The lowest BCUT2D eigenvalue weighted by Crippen LogP contribution is -2.51. The molecule has 0 fully saturated rings. The van der Waals surface area contributed by atoms with Gasteiger partial charge in [-0.25, -0.2) is 9.59 Å². The van der Waals surface area contributed by atoms with E-state index in [0.29, 0.717) is 12.0 Å². The van der Waals surface area contributed by atoms with E-state index in [9.17, 15) is 9.59 Å². The molecule has 0 aliphatic rings. The van der Waals surface area contributed by atoms with Gasteiger partial charge in [0.1, 0.15) is 11.7 Å². The summed E-state index contributed by atoms with van der Waals surface area (Å²) in [5.41, 5.74) is -0.161. The molecule has 1 aromatic carbocycles. The van der Waals surface area contributed by atoms with Crippen LogP contribution in [0, 0.1) is 5.92 Å². The minimum Gasteiger partial charge on any atom is -0.454 e. The number of benzene rings is 1. The fourth-order valence-electron chi connectivity index (χ4n) is 2.79. The second kappa shape index (κ2) is 11.3. The molecule has 7 heteroatoms. The molecule has 0 saturated heterocycles. The largest absolute Gasteiger partial charge is 0.454 e. The molecule has 0 aromatic heterocycles. The van der Waals surface area contributed by atoms with Gasteiger partial charge in [-0.05, 0) is 63.4 Å². The zero-order valence-corrected chi connectivity index (χ0v) is 22.6. The van der Waals surface area contributed by atoms with E-state index in [1.807, 2.05) is 26.8 Å². The van der Waals surface area contributed by atoms with E-state index < -0.39 is 38.1 Å². The smallest absolute Gasteiger partial charge is 0.408 e.